The summed E-state index contributed by atoms with van der Waals surface area (Å²) in [7, 11) is 0. The van der Waals surface area contributed by atoms with Crippen LogP contribution in [0, 0.1) is 6.92 Å². The van der Waals surface area contributed by atoms with Gasteiger partial charge in [-0.25, -0.2) is 4.79 Å². The zero-order chi connectivity index (χ0) is 22.5. The zero-order valence-electron chi connectivity index (χ0n) is 18.9. The second kappa shape index (κ2) is 10.1. The van der Waals surface area contributed by atoms with Gasteiger partial charge in [-0.1, -0.05) is 55.0 Å². The van der Waals surface area contributed by atoms with Gasteiger partial charge in [-0.3, -0.25) is 4.79 Å². The van der Waals surface area contributed by atoms with Gasteiger partial charge < -0.3 is 19.5 Å². The van der Waals surface area contributed by atoms with E-state index < -0.39 is 5.63 Å². The molecule has 0 unspecified atom stereocenters. The molecule has 2 heterocycles. The van der Waals surface area contributed by atoms with Crippen LogP contribution in [0.4, 0.5) is 0 Å². The van der Waals surface area contributed by atoms with Crippen LogP contribution in [-0.2, 0) is 0 Å². The van der Waals surface area contributed by atoms with Crippen LogP contribution in [0.25, 0.3) is 21.9 Å². The predicted octanol–water partition coefficient (Wildman–Crippen LogP) is 3.53. The summed E-state index contributed by atoms with van der Waals surface area (Å²) in [6, 6.07) is 15.2. The van der Waals surface area contributed by atoms with E-state index in [-0.39, 0.29) is 11.7 Å². The molecule has 4 rings (SSSR count). The molecule has 0 atom stereocenters. The third-order valence-electron chi connectivity index (χ3n) is 6.23. The van der Waals surface area contributed by atoms with Gasteiger partial charge in [-0.05, 0) is 38.1 Å². The topological polar surface area (TPSA) is 65.8 Å². The summed E-state index contributed by atoms with van der Waals surface area (Å²) in [5, 5.41) is 4.17. The fourth-order valence-electron chi connectivity index (χ4n) is 4.28. The molecule has 0 spiro atoms. The lowest BCUT2D eigenvalue weighted by molar-refractivity contribution is 0.0918. The van der Waals surface area contributed by atoms with Crippen molar-refractivity contribution in [1.29, 1.82) is 0 Å². The number of likely N-dealkylation sites (N-methyl/N-ethyl adjacent to an activating group) is 1. The molecule has 1 N–H and O–H groups in total. The molecular formula is C26H31N3O3. The Morgan fingerprint density at radius 2 is 1.62 bits per heavy atom. The summed E-state index contributed by atoms with van der Waals surface area (Å²) in [5.74, 6) is -0.270. The van der Waals surface area contributed by atoms with Crippen LogP contribution in [0.1, 0.15) is 29.5 Å². The first-order chi connectivity index (χ1) is 15.6. The van der Waals surface area contributed by atoms with E-state index in [4.69, 9.17) is 4.42 Å². The number of fused-ring (bicyclic) bond motifs is 1. The van der Waals surface area contributed by atoms with Crippen LogP contribution < -0.4 is 10.9 Å². The quantitative estimate of drug-likeness (QED) is 0.578. The van der Waals surface area contributed by atoms with Crippen LogP contribution >= 0.6 is 0 Å². The number of benzene rings is 2. The SMILES string of the molecule is CCN1CCN(CCCNC(=O)c2oc(=O)c3ccccc3c2-c2ccc(C)cc2)CC1. The van der Waals surface area contributed by atoms with Crippen molar-refractivity contribution >= 4 is 16.7 Å². The molecule has 6 heteroatoms. The highest BCUT2D eigenvalue weighted by atomic mass is 16.4. The van der Waals surface area contributed by atoms with Gasteiger partial charge in [0.15, 0.2) is 0 Å². The number of nitrogens with zero attached hydrogens (tertiary/aromatic N) is 2. The van der Waals surface area contributed by atoms with E-state index in [1.165, 1.54) is 0 Å². The molecular weight excluding hydrogens is 402 g/mol. The Balaban J connectivity index is 1.50. The second-order valence-electron chi connectivity index (χ2n) is 8.39. The monoisotopic (exact) mass is 433 g/mol. The minimum atomic E-state index is -0.490. The van der Waals surface area contributed by atoms with Crippen LogP contribution in [-0.4, -0.2) is 61.5 Å². The van der Waals surface area contributed by atoms with E-state index >= 15 is 0 Å². The number of carbonyl (C=O) groups is 1. The molecule has 0 bridgehead atoms. The summed E-state index contributed by atoms with van der Waals surface area (Å²) in [6.07, 6.45) is 0.857. The zero-order valence-corrected chi connectivity index (χ0v) is 18.9. The third-order valence-corrected chi connectivity index (χ3v) is 6.23. The highest BCUT2D eigenvalue weighted by Gasteiger charge is 2.21. The molecule has 0 saturated carbocycles. The Morgan fingerprint density at radius 1 is 0.969 bits per heavy atom. The molecule has 1 fully saturated rings. The summed E-state index contributed by atoms with van der Waals surface area (Å²) < 4.78 is 5.56. The first-order valence-electron chi connectivity index (χ1n) is 11.4. The lowest BCUT2D eigenvalue weighted by Crippen LogP contribution is -2.46. The van der Waals surface area contributed by atoms with E-state index in [0.717, 1.165) is 62.2 Å². The number of amides is 1. The summed E-state index contributed by atoms with van der Waals surface area (Å²) in [5.41, 5.74) is 2.15. The minimum Gasteiger partial charge on any atom is -0.416 e. The van der Waals surface area contributed by atoms with E-state index in [9.17, 15) is 9.59 Å². The van der Waals surface area contributed by atoms with Crippen molar-refractivity contribution in [1.82, 2.24) is 15.1 Å². The van der Waals surface area contributed by atoms with Gasteiger partial charge in [0.1, 0.15) is 0 Å². The van der Waals surface area contributed by atoms with Crippen molar-refractivity contribution in [3.63, 3.8) is 0 Å². The van der Waals surface area contributed by atoms with E-state index in [1.807, 2.05) is 43.3 Å². The van der Waals surface area contributed by atoms with Crippen molar-refractivity contribution in [2.24, 2.45) is 0 Å². The third kappa shape index (κ3) is 4.92. The Labute approximate surface area is 188 Å². The Kier molecular flexibility index (Phi) is 7.02. The number of carbonyl (C=O) groups excluding carboxylic acids is 1. The van der Waals surface area contributed by atoms with Gasteiger partial charge in [0, 0.05) is 43.7 Å². The van der Waals surface area contributed by atoms with Crippen LogP contribution in [0.15, 0.2) is 57.7 Å². The molecule has 32 heavy (non-hydrogen) atoms. The standard InChI is InChI=1S/C26H31N3O3/c1-3-28-15-17-29(18-16-28)14-6-13-27-25(30)24-23(20-11-9-19(2)10-12-20)21-7-4-5-8-22(21)26(31)32-24/h4-5,7-12H,3,6,13-18H2,1-2H3,(H,27,30). The van der Waals surface area contributed by atoms with Gasteiger partial charge in [-0.15, -0.1) is 0 Å². The Hall–Kier alpha value is -2.96. The van der Waals surface area contributed by atoms with Gasteiger partial charge in [0.2, 0.25) is 5.76 Å². The summed E-state index contributed by atoms with van der Waals surface area (Å²) in [6.45, 7) is 11.1. The van der Waals surface area contributed by atoms with Gasteiger partial charge in [0.25, 0.3) is 5.91 Å². The molecule has 1 aromatic heterocycles. The van der Waals surface area contributed by atoms with E-state index in [1.54, 1.807) is 12.1 Å². The number of nitrogens with one attached hydrogen (secondary N) is 1. The van der Waals surface area contributed by atoms with Gasteiger partial charge in [0.05, 0.1) is 5.39 Å². The number of rotatable bonds is 7. The smallest absolute Gasteiger partial charge is 0.344 e. The minimum absolute atomic E-state index is 0.0779. The van der Waals surface area contributed by atoms with Crippen LogP contribution in [0.5, 0.6) is 0 Å². The average molecular weight is 434 g/mol. The Morgan fingerprint density at radius 3 is 2.31 bits per heavy atom. The maximum atomic E-state index is 13.1. The maximum absolute atomic E-state index is 13.1. The van der Waals surface area contributed by atoms with Gasteiger partial charge >= 0.3 is 5.63 Å². The van der Waals surface area contributed by atoms with Gasteiger partial charge in [-0.2, -0.15) is 0 Å². The number of aryl methyl sites for hydroxylation is 1. The fraction of sp³-hybridized carbons (Fsp3) is 0.385. The number of piperazine rings is 1. The highest BCUT2D eigenvalue weighted by molar-refractivity contribution is 6.07. The molecule has 0 radical (unpaired) electrons. The summed E-state index contributed by atoms with van der Waals surface area (Å²) >= 11 is 0. The lowest BCUT2D eigenvalue weighted by Gasteiger charge is -2.33. The fourth-order valence-corrected chi connectivity index (χ4v) is 4.28. The van der Waals surface area contributed by atoms with Crippen molar-refractivity contribution in [2.75, 3.05) is 45.8 Å². The van der Waals surface area contributed by atoms with E-state index in [0.29, 0.717) is 17.5 Å². The van der Waals surface area contributed by atoms with Crippen molar-refractivity contribution < 1.29 is 9.21 Å². The summed E-state index contributed by atoms with van der Waals surface area (Å²) in [4.78, 5) is 30.5. The van der Waals surface area contributed by atoms with Crippen molar-refractivity contribution in [3.8, 4) is 11.1 Å². The Bertz CT molecular complexity index is 1130. The molecule has 1 saturated heterocycles. The largest absolute Gasteiger partial charge is 0.416 e. The number of hydrogen-bond acceptors (Lipinski definition) is 5. The maximum Gasteiger partial charge on any atom is 0.344 e. The molecule has 1 aliphatic rings. The molecule has 168 valence electrons. The van der Waals surface area contributed by atoms with Crippen molar-refractivity contribution in [3.05, 3.63) is 70.3 Å². The first kappa shape index (κ1) is 22.2. The van der Waals surface area contributed by atoms with Crippen molar-refractivity contribution in [2.45, 2.75) is 20.3 Å². The molecule has 1 aliphatic heterocycles. The lowest BCUT2D eigenvalue weighted by atomic mass is 9.97. The molecule has 6 nitrogen and oxygen atoms in total. The van der Waals surface area contributed by atoms with Crippen LogP contribution in [0.2, 0.25) is 0 Å². The first-order valence-corrected chi connectivity index (χ1v) is 11.4. The second-order valence-corrected chi connectivity index (χ2v) is 8.39. The number of hydrogen-bond donors (Lipinski definition) is 1. The van der Waals surface area contributed by atoms with Crippen LogP contribution in [0.3, 0.4) is 0 Å². The highest BCUT2D eigenvalue weighted by Crippen LogP contribution is 2.30. The molecule has 1 amide bonds. The van der Waals surface area contributed by atoms with E-state index in [2.05, 4.69) is 22.0 Å². The molecule has 2 aromatic carbocycles. The molecule has 0 aliphatic carbocycles. The average Bonchev–Trinajstić information content (AvgIpc) is 2.83. The predicted molar refractivity (Wildman–Crippen MR) is 128 cm³/mol. The molecule has 3 aromatic rings. The normalized spacial score (nSPS) is 15.2.